The van der Waals surface area contributed by atoms with E-state index in [4.69, 9.17) is 14.5 Å². The first kappa shape index (κ1) is 19.9. The Hall–Kier alpha value is -2.42. The molecular formula is C20H30N6O3. The maximum Gasteiger partial charge on any atom is 0.407 e. The highest BCUT2D eigenvalue weighted by Crippen LogP contribution is 2.43. The van der Waals surface area contributed by atoms with Crippen LogP contribution in [0.4, 0.5) is 10.7 Å². The van der Waals surface area contributed by atoms with Crippen molar-refractivity contribution in [1.29, 1.82) is 0 Å². The number of hydrogen-bond acceptors (Lipinski definition) is 7. The smallest absolute Gasteiger partial charge is 0.407 e. The van der Waals surface area contributed by atoms with Gasteiger partial charge in [0.05, 0.1) is 18.8 Å². The predicted octanol–water partition coefficient (Wildman–Crippen LogP) is 2.33. The Labute approximate surface area is 170 Å². The van der Waals surface area contributed by atoms with E-state index >= 15 is 0 Å². The molecule has 2 aromatic rings. The van der Waals surface area contributed by atoms with Gasteiger partial charge in [0, 0.05) is 30.3 Å². The van der Waals surface area contributed by atoms with E-state index in [1.807, 2.05) is 45.1 Å². The molecule has 0 aliphatic carbocycles. The first-order chi connectivity index (χ1) is 13.7. The van der Waals surface area contributed by atoms with Crippen LogP contribution in [0.2, 0.25) is 0 Å². The molecule has 4 heterocycles. The van der Waals surface area contributed by atoms with Crippen molar-refractivity contribution in [2.75, 3.05) is 24.6 Å². The summed E-state index contributed by atoms with van der Waals surface area (Å²) < 4.78 is 13.4. The number of nitrogens with zero attached hydrogens (tertiary/aromatic N) is 5. The third-order valence-electron chi connectivity index (χ3n) is 5.88. The number of aromatic nitrogens is 4. The molecule has 0 saturated carbocycles. The lowest BCUT2D eigenvalue weighted by atomic mass is 9.73. The standard InChI is InChI=1S/C20H30N6O3/c1-13-10-15-24-21-12-26(15)17(22-13)25-8-6-20(7-9-25)11-28-14(2)16(20)23-18(27)29-19(3,4)5/h10,12,14,16H,6-9,11H2,1-5H3,(H,23,27)/t14-,16+/m0/s1. The van der Waals surface area contributed by atoms with Gasteiger partial charge in [0.25, 0.3) is 0 Å². The summed E-state index contributed by atoms with van der Waals surface area (Å²) in [7, 11) is 0. The summed E-state index contributed by atoms with van der Waals surface area (Å²) in [6.07, 6.45) is 3.08. The van der Waals surface area contributed by atoms with Crippen molar-refractivity contribution in [2.45, 2.75) is 65.2 Å². The second-order valence-electron chi connectivity index (χ2n) is 9.25. The van der Waals surface area contributed by atoms with Crippen molar-refractivity contribution in [1.82, 2.24) is 24.9 Å². The van der Waals surface area contributed by atoms with Gasteiger partial charge in [-0.1, -0.05) is 0 Å². The average molecular weight is 402 g/mol. The SMILES string of the molecule is Cc1cc2nncn2c(N2CCC3(CC2)CO[C@@H](C)[C@H]3NC(=O)OC(C)(C)C)n1. The van der Waals surface area contributed by atoms with Gasteiger partial charge in [-0.25, -0.2) is 9.78 Å². The predicted molar refractivity (Wildman–Crippen MR) is 108 cm³/mol. The van der Waals surface area contributed by atoms with Crippen LogP contribution in [0.15, 0.2) is 12.4 Å². The summed E-state index contributed by atoms with van der Waals surface area (Å²) in [4.78, 5) is 19.4. The molecule has 0 radical (unpaired) electrons. The molecule has 4 rings (SSSR count). The first-order valence-corrected chi connectivity index (χ1v) is 10.2. The molecule has 2 aliphatic heterocycles. The number of anilines is 1. The number of carbonyl (C=O) groups excluding carboxylic acids is 1. The fourth-order valence-corrected chi connectivity index (χ4v) is 4.44. The molecule has 0 bridgehead atoms. The van der Waals surface area contributed by atoms with Crippen molar-refractivity contribution >= 4 is 17.7 Å². The molecule has 2 saturated heterocycles. The van der Waals surface area contributed by atoms with Crippen LogP contribution in [0.1, 0.15) is 46.2 Å². The molecule has 1 spiro atoms. The normalized spacial score (nSPS) is 24.2. The number of nitrogens with one attached hydrogen (secondary N) is 1. The van der Waals surface area contributed by atoms with E-state index < -0.39 is 5.60 Å². The summed E-state index contributed by atoms with van der Waals surface area (Å²) in [5.74, 6) is 0.864. The number of piperidine rings is 1. The Morgan fingerprint density at radius 2 is 2.07 bits per heavy atom. The number of alkyl carbamates (subject to hydrolysis) is 1. The first-order valence-electron chi connectivity index (χ1n) is 10.2. The highest BCUT2D eigenvalue weighted by molar-refractivity contribution is 5.68. The van der Waals surface area contributed by atoms with Crippen molar-refractivity contribution in [2.24, 2.45) is 5.41 Å². The molecule has 1 amide bonds. The minimum atomic E-state index is -0.523. The van der Waals surface area contributed by atoms with E-state index in [1.165, 1.54) is 0 Å². The third-order valence-corrected chi connectivity index (χ3v) is 5.88. The lowest BCUT2D eigenvalue weighted by Gasteiger charge is -2.42. The van der Waals surface area contributed by atoms with Gasteiger partial charge < -0.3 is 19.7 Å². The monoisotopic (exact) mass is 402 g/mol. The molecule has 0 unspecified atom stereocenters. The van der Waals surface area contributed by atoms with Crippen LogP contribution in [0, 0.1) is 12.3 Å². The van der Waals surface area contributed by atoms with Gasteiger partial charge in [-0.15, -0.1) is 10.2 Å². The van der Waals surface area contributed by atoms with Crippen molar-refractivity contribution in [3.63, 3.8) is 0 Å². The van der Waals surface area contributed by atoms with Crippen LogP contribution >= 0.6 is 0 Å². The van der Waals surface area contributed by atoms with Crippen LogP contribution in [-0.4, -0.2) is 63.1 Å². The van der Waals surface area contributed by atoms with Crippen LogP contribution < -0.4 is 10.2 Å². The fourth-order valence-electron chi connectivity index (χ4n) is 4.44. The van der Waals surface area contributed by atoms with Gasteiger partial charge in [-0.2, -0.15) is 0 Å². The minimum absolute atomic E-state index is 0.0456. The molecule has 158 valence electrons. The van der Waals surface area contributed by atoms with E-state index in [0.29, 0.717) is 6.61 Å². The quantitative estimate of drug-likeness (QED) is 0.824. The maximum absolute atomic E-state index is 12.4. The Kier molecular flexibility index (Phi) is 4.88. The van der Waals surface area contributed by atoms with Crippen molar-refractivity contribution < 1.29 is 14.3 Å². The molecule has 29 heavy (non-hydrogen) atoms. The second kappa shape index (κ2) is 7.12. The number of aryl methyl sites for hydroxylation is 1. The molecule has 0 aromatic carbocycles. The molecule has 1 N–H and O–H groups in total. The molecule has 9 heteroatoms. The van der Waals surface area contributed by atoms with Crippen LogP contribution in [0.25, 0.3) is 5.65 Å². The zero-order valence-electron chi connectivity index (χ0n) is 17.8. The van der Waals surface area contributed by atoms with E-state index in [0.717, 1.165) is 43.2 Å². The van der Waals surface area contributed by atoms with E-state index in [2.05, 4.69) is 20.4 Å². The molecule has 2 aliphatic rings. The largest absolute Gasteiger partial charge is 0.444 e. The summed E-state index contributed by atoms with van der Waals surface area (Å²) in [6, 6.07) is 1.86. The van der Waals surface area contributed by atoms with E-state index in [-0.39, 0.29) is 23.7 Å². The summed E-state index contributed by atoms with van der Waals surface area (Å²) in [6.45, 7) is 11.9. The molecule has 2 fully saturated rings. The van der Waals surface area contributed by atoms with Crippen LogP contribution in [0.5, 0.6) is 0 Å². The van der Waals surface area contributed by atoms with E-state index in [9.17, 15) is 4.79 Å². The third kappa shape index (κ3) is 3.88. The Balaban J connectivity index is 1.49. The van der Waals surface area contributed by atoms with Crippen molar-refractivity contribution in [3.8, 4) is 0 Å². The van der Waals surface area contributed by atoms with Gasteiger partial charge >= 0.3 is 6.09 Å². The Bertz CT molecular complexity index is 897. The number of carbonyl (C=O) groups is 1. The Morgan fingerprint density at radius 3 is 2.76 bits per heavy atom. The average Bonchev–Trinajstić information content (AvgIpc) is 3.21. The van der Waals surface area contributed by atoms with E-state index in [1.54, 1.807) is 6.33 Å². The lowest BCUT2D eigenvalue weighted by Crippen LogP contribution is -2.55. The Morgan fingerprint density at radius 1 is 1.34 bits per heavy atom. The van der Waals surface area contributed by atoms with Gasteiger partial charge in [-0.3, -0.25) is 4.40 Å². The van der Waals surface area contributed by atoms with Gasteiger partial charge in [0.2, 0.25) is 5.95 Å². The minimum Gasteiger partial charge on any atom is -0.444 e. The van der Waals surface area contributed by atoms with Gasteiger partial charge in [0.15, 0.2) is 5.65 Å². The fraction of sp³-hybridized carbons (Fsp3) is 0.700. The highest BCUT2D eigenvalue weighted by atomic mass is 16.6. The molecule has 9 nitrogen and oxygen atoms in total. The summed E-state index contributed by atoms with van der Waals surface area (Å²) in [5.41, 5.74) is 1.10. The number of ether oxygens (including phenoxy) is 2. The maximum atomic E-state index is 12.4. The summed E-state index contributed by atoms with van der Waals surface area (Å²) >= 11 is 0. The number of amides is 1. The lowest BCUT2D eigenvalue weighted by molar-refractivity contribution is 0.0434. The summed E-state index contributed by atoms with van der Waals surface area (Å²) in [5, 5.41) is 11.3. The van der Waals surface area contributed by atoms with Crippen LogP contribution in [-0.2, 0) is 9.47 Å². The number of hydrogen-bond donors (Lipinski definition) is 1. The van der Waals surface area contributed by atoms with Crippen LogP contribution in [0.3, 0.4) is 0 Å². The topological polar surface area (TPSA) is 93.9 Å². The zero-order valence-corrected chi connectivity index (χ0v) is 17.8. The number of rotatable bonds is 2. The van der Waals surface area contributed by atoms with Gasteiger partial charge in [-0.05, 0) is 47.5 Å². The number of fused-ring (bicyclic) bond motifs is 1. The van der Waals surface area contributed by atoms with Crippen molar-refractivity contribution in [3.05, 3.63) is 18.1 Å². The molecule has 2 aromatic heterocycles. The second-order valence-corrected chi connectivity index (χ2v) is 9.25. The van der Waals surface area contributed by atoms with Gasteiger partial charge in [0.1, 0.15) is 11.9 Å². The molecule has 2 atom stereocenters. The molecular weight excluding hydrogens is 372 g/mol. The highest BCUT2D eigenvalue weighted by Gasteiger charge is 2.50. The zero-order chi connectivity index (χ0) is 20.8.